The zero-order valence-electron chi connectivity index (χ0n) is 6.37. The second-order valence-electron chi connectivity index (χ2n) is 2.24. The van der Waals surface area contributed by atoms with E-state index in [0.717, 1.165) is 12.1 Å². The van der Waals surface area contributed by atoms with Crippen molar-refractivity contribution >= 4 is 5.69 Å². The summed E-state index contributed by atoms with van der Waals surface area (Å²) in [5, 5.41) is 2.58. The van der Waals surface area contributed by atoms with Crippen LogP contribution in [0, 0.1) is 6.07 Å². The van der Waals surface area contributed by atoms with Crippen molar-refractivity contribution in [3.63, 3.8) is 0 Å². The van der Waals surface area contributed by atoms with Crippen LogP contribution >= 0.6 is 0 Å². The highest BCUT2D eigenvalue weighted by Crippen LogP contribution is 2.30. The molecule has 1 aromatic rings. The van der Waals surface area contributed by atoms with E-state index >= 15 is 0 Å². The molecule has 1 rings (SSSR count). The molecule has 0 atom stereocenters. The molecule has 0 aromatic heterocycles. The molecule has 0 aliphatic heterocycles. The molecule has 0 amide bonds. The molecule has 4 heteroatoms. The van der Waals surface area contributed by atoms with E-state index < -0.39 is 11.7 Å². The molecule has 0 heterocycles. The minimum absolute atomic E-state index is 0.338. The maximum absolute atomic E-state index is 12.1. The Morgan fingerprint density at radius 2 is 2.08 bits per heavy atom. The molecule has 1 nitrogen and oxygen atoms in total. The molecule has 1 radical (unpaired) electrons. The second kappa shape index (κ2) is 3.05. The van der Waals surface area contributed by atoms with Gasteiger partial charge < -0.3 is 5.32 Å². The van der Waals surface area contributed by atoms with Crippen molar-refractivity contribution in [2.45, 2.75) is 6.18 Å². The molecular formula is C8H7F3N. The van der Waals surface area contributed by atoms with Gasteiger partial charge in [-0.1, -0.05) is 6.07 Å². The van der Waals surface area contributed by atoms with E-state index in [-0.39, 0.29) is 0 Å². The summed E-state index contributed by atoms with van der Waals surface area (Å²) in [6.45, 7) is 0. The lowest BCUT2D eigenvalue weighted by molar-refractivity contribution is -0.137. The Bertz CT molecular complexity index is 267. The predicted octanol–water partition coefficient (Wildman–Crippen LogP) is 2.55. The van der Waals surface area contributed by atoms with Crippen molar-refractivity contribution in [2.75, 3.05) is 12.4 Å². The maximum Gasteiger partial charge on any atom is 0.416 e. The first-order valence-corrected chi connectivity index (χ1v) is 3.30. The lowest BCUT2D eigenvalue weighted by Crippen LogP contribution is -2.05. The first kappa shape index (κ1) is 8.90. The van der Waals surface area contributed by atoms with Gasteiger partial charge in [0.05, 0.1) is 5.56 Å². The number of nitrogens with one attached hydrogen (secondary N) is 1. The van der Waals surface area contributed by atoms with Gasteiger partial charge in [0.15, 0.2) is 0 Å². The molecule has 1 N–H and O–H groups in total. The van der Waals surface area contributed by atoms with Crippen LogP contribution in [0.2, 0.25) is 0 Å². The van der Waals surface area contributed by atoms with Crippen LogP contribution in [-0.4, -0.2) is 7.05 Å². The van der Waals surface area contributed by atoms with Gasteiger partial charge in [0.1, 0.15) is 0 Å². The van der Waals surface area contributed by atoms with Gasteiger partial charge >= 0.3 is 6.18 Å². The van der Waals surface area contributed by atoms with Crippen LogP contribution in [0.3, 0.4) is 0 Å². The smallest absolute Gasteiger partial charge is 0.388 e. The first-order valence-electron chi connectivity index (χ1n) is 3.30. The highest BCUT2D eigenvalue weighted by molar-refractivity contribution is 5.44. The third kappa shape index (κ3) is 1.90. The molecule has 0 saturated carbocycles. The van der Waals surface area contributed by atoms with Crippen molar-refractivity contribution in [1.82, 2.24) is 0 Å². The summed E-state index contributed by atoms with van der Waals surface area (Å²) in [5.74, 6) is 0. The molecule has 1 aromatic carbocycles. The minimum Gasteiger partial charge on any atom is -0.388 e. The fourth-order valence-electron chi connectivity index (χ4n) is 0.787. The van der Waals surface area contributed by atoms with Gasteiger partial charge in [-0.25, -0.2) is 0 Å². The quantitative estimate of drug-likeness (QED) is 0.689. The van der Waals surface area contributed by atoms with E-state index in [0.29, 0.717) is 5.69 Å². The van der Waals surface area contributed by atoms with Crippen molar-refractivity contribution < 1.29 is 13.2 Å². The Balaban J connectivity index is 3.02. The number of rotatable bonds is 1. The number of hydrogen-bond donors (Lipinski definition) is 1. The van der Waals surface area contributed by atoms with Crippen molar-refractivity contribution in [1.29, 1.82) is 0 Å². The van der Waals surface area contributed by atoms with Crippen LogP contribution < -0.4 is 5.32 Å². The molecule has 0 saturated heterocycles. The van der Waals surface area contributed by atoms with Gasteiger partial charge in [0.2, 0.25) is 0 Å². The predicted molar refractivity (Wildman–Crippen MR) is 39.8 cm³/mol. The Kier molecular flexibility index (Phi) is 2.26. The standard InChI is InChI=1S/C8H7F3N/c1-12-7-4-2-3-6(5-7)8(9,10)11/h2-3,5,12H,1H3. The Labute approximate surface area is 68.2 Å². The summed E-state index contributed by atoms with van der Waals surface area (Å²) in [7, 11) is 1.55. The number of anilines is 1. The van der Waals surface area contributed by atoms with Gasteiger partial charge in [0.25, 0.3) is 0 Å². The van der Waals surface area contributed by atoms with E-state index in [1.807, 2.05) is 0 Å². The summed E-state index contributed by atoms with van der Waals surface area (Å²) in [6.07, 6.45) is -4.28. The molecule has 12 heavy (non-hydrogen) atoms. The van der Waals surface area contributed by atoms with E-state index in [4.69, 9.17) is 0 Å². The normalized spacial score (nSPS) is 11.3. The number of alkyl halides is 3. The molecule has 0 aliphatic rings. The van der Waals surface area contributed by atoms with Gasteiger partial charge in [0, 0.05) is 18.8 Å². The van der Waals surface area contributed by atoms with Crippen molar-refractivity contribution in [3.8, 4) is 0 Å². The zero-order valence-corrected chi connectivity index (χ0v) is 6.37. The largest absolute Gasteiger partial charge is 0.416 e. The molecule has 0 fully saturated rings. The van der Waals surface area contributed by atoms with E-state index in [1.165, 1.54) is 6.07 Å². The lowest BCUT2D eigenvalue weighted by atomic mass is 10.2. The fourth-order valence-corrected chi connectivity index (χ4v) is 0.787. The Hall–Kier alpha value is -1.19. The van der Waals surface area contributed by atoms with Crippen LogP contribution in [0.5, 0.6) is 0 Å². The Morgan fingerprint density at radius 3 is 2.58 bits per heavy atom. The molecule has 0 unspecified atom stereocenters. The van der Waals surface area contributed by atoms with E-state index in [1.54, 1.807) is 7.05 Å². The lowest BCUT2D eigenvalue weighted by Gasteiger charge is -2.07. The summed E-state index contributed by atoms with van der Waals surface area (Å²) in [5.41, 5.74) is -0.324. The number of benzene rings is 1. The number of halogens is 3. The van der Waals surface area contributed by atoms with Gasteiger partial charge in [-0.05, 0) is 12.1 Å². The molecule has 0 aliphatic carbocycles. The van der Waals surface area contributed by atoms with Crippen LogP contribution in [-0.2, 0) is 6.18 Å². The third-order valence-corrected chi connectivity index (χ3v) is 1.40. The van der Waals surface area contributed by atoms with Crippen molar-refractivity contribution in [3.05, 3.63) is 29.8 Å². The van der Waals surface area contributed by atoms with Gasteiger partial charge in [-0.2, -0.15) is 13.2 Å². The van der Waals surface area contributed by atoms with Crippen LogP contribution in [0.1, 0.15) is 5.56 Å². The van der Waals surface area contributed by atoms with Crippen LogP contribution in [0.25, 0.3) is 0 Å². The highest BCUT2D eigenvalue weighted by atomic mass is 19.4. The van der Waals surface area contributed by atoms with Crippen LogP contribution in [0.15, 0.2) is 18.2 Å². The topological polar surface area (TPSA) is 12.0 Å². The summed E-state index contributed by atoms with van der Waals surface area (Å²) >= 11 is 0. The summed E-state index contributed by atoms with van der Waals surface area (Å²) in [4.78, 5) is 0. The van der Waals surface area contributed by atoms with Crippen LogP contribution in [0.4, 0.5) is 18.9 Å². The average molecular weight is 174 g/mol. The molecule has 0 spiro atoms. The van der Waals surface area contributed by atoms with Gasteiger partial charge in [-0.15, -0.1) is 0 Å². The molecule has 0 bridgehead atoms. The zero-order chi connectivity index (χ0) is 9.19. The van der Waals surface area contributed by atoms with Crippen molar-refractivity contribution in [2.24, 2.45) is 0 Å². The summed E-state index contributed by atoms with van der Waals surface area (Å²) < 4.78 is 36.2. The average Bonchev–Trinajstić information content (AvgIpc) is 2.03. The van der Waals surface area contributed by atoms with E-state index in [2.05, 4.69) is 11.4 Å². The minimum atomic E-state index is -4.28. The van der Waals surface area contributed by atoms with Gasteiger partial charge in [-0.3, -0.25) is 0 Å². The SMILES string of the molecule is CNc1[c]ccc(C(F)(F)F)c1. The third-order valence-electron chi connectivity index (χ3n) is 1.40. The maximum atomic E-state index is 12.1. The highest BCUT2D eigenvalue weighted by Gasteiger charge is 2.30. The monoisotopic (exact) mass is 174 g/mol. The first-order chi connectivity index (χ1) is 5.54. The van der Waals surface area contributed by atoms with E-state index in [9.17, 15) is 13.2 Å². The number of hydrogen-bond acceptors (Lipinski definition) is 1. The summed E-state index contributed by atoms with van der Waals surface area (Å²) in [6, 6.07) is 5.86. The second-order valence-corrected chi connectivity index (χ2v) is 2.24. The Morgan fingerprint density at radius 1 is 1.42 bits per heavy atom. The molecule has 65 valence electrons. The molecular weight excluding hydrogens is 167 g/mol. The fraction of sp³-hybridized carbons (Fsp3) is 0.250.